The lowest BCUT2D eigenvalue weighted by Crippen LogP contribution is -2.48. The van der Waals surface area contributed by atoms with Crippen LogP contribution in [0.4, 0.5) is 0 Å². The van der Waals surface area contributed by atoms with E-state index >= 15 is 0 Å². The number of carbonyl (C=O) groups is 2. The summed E-state index contributed by atoms with van der Waals surface area (Å²) < 4.78 is 9.51. The Morgan fingerprint density at radius 3 is 2.65 bits per heavy atom. The number of methoxy groups -OCH3 is 2. The van der Waals surface area contributed by atoms with Crippen LogP contribution in [0.15, 0.2) is 0 Å². The molecule has 0 amide bonds. The van der Waals surface area contributed by atoms with Gasteiger partial charge in [0.25, 0.3) is 0 Å². The summed E-state index contributed by atoms with van der Waals surface area (Å²) in [6.07, 6.45) is 1.78. The van der Waals surface area contributed by atoms with Crippen molar-refractivity contribution in [1.29, 1.82) is 0 Å². The third-order valence-electron chi connectivity index (χ3n) is 3.58. The molecule has 3 atom stereocenters. The molecule has 96 valence electrons. The van der Waals surface area contributed by atoms with Gasteiger partial charge in [-0.25, -0.2) is 4.79 Å². The lowest BCUT2D eigenvalue weighted by molar-refractivity contribution is -0.212. The second-order valence-corrected chi connectivity index (χ2v) is 4.54. The van der Waals surface area contributed by atoms with Crippen LogP contribution in [0.1, 0.15) is 19.8 Å². The minimum atomic E-state index is -1.27. The largest absolute Gasteiger partial charge is 0.469 e. The standard InChI is InChI=1S/C11H17NO5/c1-11(10(14)16-3)8(9(13)15-2)7-5-4-6-12(7)17-11/h7-8H,4-6H2,1-3H3/t7-,8-,11+/m1/s1. The highest BCUT2D eigenvalue weighted by Gasteiger charge is 2.61. The van der Waals surface area contributed by atoms with Crippen LogP contribution in [0.3, 0.4) is 0 Å². The molecule has 2 fully saturated rings. The Kier molecular flexibility index (Phi) is 3.09. The van der Waals surface area contributed by atoms with Crippen molar-refractivity contribution in [3.05, 3.63) is 0 Å². The zero-order valence-electron chi connectivity index (χ0n) is 10.3. The summed E-state index contributed by atoms with van der Waals surface area (Å²) in [5.74, 6) is -1.59. The van der Waals surface area contributed by atoms with Crippen molar-refractivity contribution in [2.24, 2.45) is 5.92 Å². The molecule has 0 spiro atoms. The van der Waals surface area contributed by atoms with Gasteiger partial charge in [-0.1, -0.05) is 0 Å². The molecule has 17 heavy (non-hydrogen) atoms. The monoisotopic (exact) mass is 243 g/mol. The molecule has 0 aromatic rings. The van der Waals surface area contributed by atoms with Gasteiger partial charge in [-0.3, -0.25) is 9.63 Å². The summed E-state index contributed by atoms with van der Waals surface area (Å²) in [7, 11) is 2.60. The van der Waals surface area contributed by atoms with E-state index in [1.54, 1.807) is 12.0 Å². The van der Waals surface area contributed by atoms with Gasteiger partial charge in [0.15, 0.2) is 5.60 Å². The maximum Gasteiger partial charge on any atom is 0.340 e. The van der Waals surface area contributed by atoms with E-state index in [2.05, 4.69) is 0 Å². The quantitative estimate of drug-likeness (QED) is 0.642. The average molecular weight is 243 g/mol. The molecule has 0 radical (unpaired) electrons. The summed E-state index contributed by atoms with van der Waals surface area (Å²) in [6.45, 7) is 2.31. The minimum absolute atomic E-state index is 0.0912. The summed E-state index contributed by atoms with van der Waals surface area (Å²) >= 11 is 0. The van der Waals surface area contributed by atoms with Gasteiger partial charge in [-0.15, -0.1) is 0 Å². The van der Waals surface area contributed by atoms with Crippen molar-refractivity contribution in [1.82, 2.24) is 5.06 Å². The third-order valence-corrected chi connectivity index (χ3v) is 3.58. The Labute approximate surface area is 99.8 Å². The van der Waals surface area contributed by atoms with Crippen LogP contribution in [-0.4, -0.2) is 49.4 Å². The van der Waals surface area contributed by atoms with Crippen LogP contribution < -0.4 is 0 Å². The molecule has 0 bridgehead atoms. The SMILES string of the molecule is COC(=O)[C@H]1[C@H]2CCCN2O[C@]1(C)C(=O)OC. The fourth-order valence-electron chi connectivity index (χ4n) is 2.76. The Balaban J connectivity index is 2.32. The number of rotatable bonds is 2. The van der Waals surface area contributed by atoms with Crippen LogP contribution in [0.5, 0.6) is 0 Å². The number of fused-ring (bicyclic) bond motifs is 1. The molecule has 0 aliphatic carbocycles. The van der Waals surface area contributed by atoms with E-state index in [-0.39, 0.29) is 6.04 Å². The number of esters is 2. The maximum atomic E-state index is 11.9. The third kappa shape index (κ3) is 1.71. The zero-order chi connectivity index (χ0) is 12.6. The number of hydrogen-bond acceptors (Lipinski definition) is 6. The van der Waals surface area contributed by atoms with E-state index in [1.165, 1.54) is 14.2 Å². The topological polar surface area (TPSA) is 65.1 Å². The molecule has 2 aliphatic heterocycles. The highest BCUT2D eigenvalue weighted by atomic mass is 16.7. The molecule has 0 N–H and O–H groups in total. The predicted molar refractivity (Wildman–Crippen MR) is 56.7 cm³/mol. The first kappa shape index (κ1) is 12.3. The number of nitrogens with zero attached hydrogens (tertiary/aromatic N) is 1. The fourth-order valence-corrected chi connectivity index (χ4v) is 2.76. The molecule has 0 aromatic carbocycles. The van der Waals surface area contributed by atoms with Crippen LogP contribution in [0.25, 0.3) is 0 Å². The first-order chi connectivity index (χ1) is 8.04. The molecule has 2 saturated heterocycles. The number of carbonyl (C=O) groups excluding carboxylic acids is 2. The van der Waals surface area contributed by atoms with E-state index in [1.807, 2.05) is 0 Å². The van der Waals surface area contributed by atoms with Gasteiger partial charge in [0.1, 0.15) is 5.92 Å². The van der Waals surface area contributed by atoms with Gasteiger partial charge in [0.05, 0.1) is 20.3 Å². The molecule has 2 rings (SSSR count). The number of hydroxylamine groups is 2. The van der Waals surface area contributed by atoms with Crippen molar-refractivity contribution in [3.63, 3.8) is 0 Å². The van der Waals surface area contributed by atoms with Gasteiger partial charge >= 0.3 is 11.9 Å². The minimum Gasteiger partial charge on any atom is -0.469 e. The van der Waals surface area contributed by atoms with Crippen LogP contribution in [0.2, 0.25) is 0 Å². The summed E-state index contributed by atoms with van der Waals surface area (Å²) in [5, 5.41) is 1.71. The van der Waals surface area contributed by atoms with E-state index in [0.29, 0.717) is 0 Å². The highest BCUT2D eigenvalue weighted by Crippen LogP contribution is 2.43. The second kappa shape index (κ2) is 4.27. The summed E-state index contributed by atoms with van der Waals surface area (Å²) in [5.41, 5.74) is -1.27. The molecule has 0 unspecified atom stereocenters. The molecule has 6 heteroatoms. The summed E-state index contributed by atoms with van der Waals surface area (Å²) in [6, 6.07) is -0.0912. The molecule has 2 heterocycles. The van der Waals surface area contributed by atoms with Crippen LogP contribution in [-0.2, 0) is 23.9 Å². The van der Waals surface area contributed by atoms with E-state index in [0.717, 1.165) is 19.4 Å². The average Bonchev–Trinajstić information content (AvgIpc) is 2.85. The smallest absolute Gasteiger partial charge is 0.340 e. The van der Waals surface area contributed by atoms with Crippen molar-refractivity contribution < 1.29 is 23.9 Å². The van der Waals surface area contributed by atoms with Gasteiger partial charge < -0.3 is 9.47 Å². The van der Waals surface area contributed by atoms with Crippen molar-refractivity contribution in [2.75, 3.05) is 20.8 Å². The van der Waals surface area contributed by atoms with E-state index in [4.69, 9.17) is 14.3 Å². The van der Waals surface area contributed by atoms with Crippen LogP contribution in [0, 0.1) is 5.92 Å². The Bertz CT molecular complexity index is 345. The zero-order valence-corrected chi connectivity index (χ0v) is 10.3. The molecule has 0 aromatic heterocycles. The van der Waals surface area contributed by atoms with Gasteiger partial charge in [0.2, 0.25) is 0 Å². The summed E-state index contributed by atoms with van der Waals surface area (Å²) in [4.78, 5) is 29.3. The number of hydrogen-bond donors (Lipinski definition) is 0. The van der Waals surface area contributed by atoms with Gasteiger partial charge in [-0.2, -0.15) is 5.06 Å². The van der Waals surface area contributed by atoms with E-state index in [9.17, 15) is 9.59 Å². The predicted octanol–water partition coefficient (Wildman–Crippen LogP) is 0.117. The molecular formula is C11H17NO5. The Morgan fingerprint density at radius 2 is 2.06 bits per heavy atom. The first-order valence-corrected chi connectivity index (χ1v) is 5.66. The molecule has 6 nitrogen and oxygen atoms in total. The Morgan fingerprint density at radius 1 is 1.35 bits per heavy atom. The van der Waals surface area contributed by atoms with Crippen molar-refractivity contribution >= 4 is 11.9 Å². The van der Waals surface area contributed by atoms with Gasteiger partial charge in [0, 0.05) is 6.54 Å². The van der Waals surface area contributed by atoms with Crippen molar-refractivity contribution in [2.45, 2.75) is 31.4 Å². The normalized spacial score (nSPS) is 36.6. The number of ether oxygens (including phenoxy) is 2. The van der Waals surface area contributed by atoms with Crippen LogP contribution >= 0.6 is 0 Å². The highest BCUT2D eigenvalue weighted by molar-refractivity contribution is 5.88. The maximum absolute atomic E-state index is 11.9. The molecule has 2 aliphatic rings. The van der Waals surface area contributed by atoms with Gasteiger partial charge in [-0.05, 0) is 19.8 Å². The Hall–Kier alpha value is -1.14. The first-order valence-electron chi connectivity index (χ1n) is 5.66. The molecule has 0 saturated carbocycles. The lowest BCUT2D eigenvalue weighted by Gasteiger charge is -2.25. The van der Waals surface area contributed by atoms with Crippen molar-refractivity contribution in [3.8, 4) is 0 Å². The van der Waals surface area contributed by atoms with E-state index < -0.39 is 23.5 Å². The fraction of sp³-hybridized carbons (Fsp3) is 0.818. The lowest BCUT2D eigenvalue weighted by atomic mass is 9.83. The second-order valence-electron chi connectivity index (χ2n) is 4.54. The molecular weight excluding hydrogens is 226 g/mol.